The summed E-state index contributed by atoms with van der Waals surface area (Å²) in [6.45, 7) is 5.84. The van der Waals surface area contributed by atoms with Crippen molar-refractivity contribution >= 4 is 20.9 Å². The van der Waals surface area contributed by atoms with Gasteiger partial charge in [0.25, 0.3) is 5.56 Å². The minimum absolute atomic E-state index is 0.0180. The summed E-state index contributed by atoms with van der Waals surface area (Å²) in [5.41, 5.74) is 5.68. The van der Waals surface area contributed by atoms with E-state index in [-0.39, 0.29) is 17.4 Å². The lowest BCUT2D eigenvalue weighted by Crippen LogP contribution is -2.18. The van der Waals surface area contributed by atoms with E-state index in [1.165, 1.54) is 6.26 Å². The van der Waals surface area contributed by atoms with Crippen molar-refractivity contribution in [2.24, 2.45) is 7.05 Å². The Balaban J connectivity index is 2.02. The zero-order chi connectivity index (χ0) is 23.2. The van der Waals surface area contributed by atoms with Crippen LogP contribution in [0.2, 0.25) is 0 Å². The number of sulfone groups is 1. The van der Waals surface area contributed by atoms with Gasteiger partial charge in [0.2, 0.25) is 0 Å². The Bertz CT molecular complexity index is 1460. The summed E-state index contributed by atoms with van der Waals surface area (Å²) < 4.78 is 28.1. The fourth-order valence-corrected chi connectivity index (χ4v) is 5.13. The molecule has 0 radical (unpaired) electrons. The maximum absolute atomic E-state index is 12.2. The normalized spacial score (nSPS) is 12.9. The molecule has 0 aliphatic carbocycles. The first-order valence-electron chi connectivity index (χ1n) is 10.5. The van der Waals surface area contributed by atoms with Gasteiger partial charge in [0.15, 0.2) is 9.84 Å². The lowest BCUT2D eigenvalue weighted by molar-refractivity contribution is 0.601. The molecule has 0 fully saturated rings. The first-order valence-corrected chi connectivity index (χ1v) is 12.5. The standard InChI is InChI=1S/C25H27N3O3S/c1-16-11-21(14-27(4)25(16)29)20-12-22(15-32(5,30)31)24-23(13-20)28(18(3)26-24)17(2)19-9-7-6-8-10-19/h6-14,17H,15H2,1-5H3. The second-order valence-electron chi connectivity index (χ2n) is 8.52. The van der Waals surface area contributed by atoms with E-state index in [0.29, 0.717) is 16.6 Å². The molecule has 0 aliphatic rings. The highest BCUT2D eigenvalue weighted by molar-refractivity contribution is 7.89. The molecule has 2 aromatic carbocycles. The van der Waals surface area contributed by atoms with Gasteiger partial charge in [-0.15, -0.1) is 0 Å². The van der Waals surface area contributed by atoms with Crippen molar-refractivity contribution in [3.8, 4) is 11.1 Å². The van der Waals surface area contributed by atoms with Crippen LogP contribution in [0.4, 0.5) is 0 Å². The molecule has 4 aromatic rings. The highest BCUT2D eigenvalue weighted by atomic mass is 32.2. The van der Waals surface area contributed by atoms with Crippen LogP contribution >= 0.6 is 0 Å². The SMILES string of the molecule is Cc1cc(-c2cc(CS(C)(=O)=O)c3nc(C)n(C(C)c4ccccc4)c3c2)cn(C)c1=O. The minimum Gasteiger partial charge on any atom is -0.321 e. The fraction of sp³-hybridized carbons (Fsp3) is 0.280. The fourth-order valence-electron chi connectivity index (χ4n) is 4.34. The lowest BCUT2D eigenvalue weighted by atomic mass is 10.0. The molecule has 4 rings (SSSR count). The van der Waals surface area contributed by atoms with E-state index in [2.05, 4.69) is 23.6 Å². The second-order valence-corrected chi connectivity index (χ2v) is 10.7. The number of hydrogen-bond acceptors (Lipinski definition) is 4. The number of fused-ring (bicyclic) bond motifs is 1. The van der Waals surface area contributed by atoms with Crippen LogP contribution in [0.1, 0.15) is 35.5 Å². The van der Waals surface area contributed by atoms with Gasteiger partial charge in [-0.25, -0.2) is 13.4 Å². The van der Waals surface area contributed by atoms with Crippen LogP contribution in [0, 0.1) is 13.8 Å². The average Bonchev–Trinajstić information content (AvgIpc) is 3.06. The third-order valence-electron chi connectivity index (χ3n) is 5.83. The monoisotopic (exact) mass is 449 g/mol. The molecule has 0 bridgehead atoms. The average molecular weight is 450 g/mol. The largest absolute Gasteiger partial charge is 0.321 e. The summed E-state index contributed by atoms with van der Waals surface area (Å²) in [4.78, 5) is 17.0. The molecular formula is C25H27N3O3S. The number of benzene rings is 2. The Morgan fingerprint density at radius 1 is 1.03 bits per heavy atom. The van der Waals surface area contributed by atoms with Crippen LogP contribution in [-0.4, -0.2) is 28.8 Å². The first-order chi connectivity index (χ1) is 15.0. The molecule has 7 heteroatoms. The molecular weight excluding hydrogens is 422 g/mol. The molecule has 0 saturated carbocycles. The molecule has 1 unspecified atom stereocenters. The summed E-state index contributed by atoms with van der Waals surface area (Å²) in [5.74, 6) is 0.720. The van der Waals surface area contributed by atoms with E-state index >= 15 is 0 Å². The third-order valence-corrected chi connectivity index (χ3v) is 6.67. The van der Waals surface area contributed by atoms with Gasteiger partial charge in [0.05, 0.1) is 22.8 Å². The summed E-state index contributed by atoms with van der Waals surface area (Å²) >= 11 is 0. The quantitative estimate of drug-likeness (QED) is 0.458. The van der Waals surface area contributed by atoms with Gasteiger partial charge in [-0.05, 0) is 61.2 Å². The Hall–Kier alpha value is -3.19. The van der Waals surface area contributed by atoms with Gasteiger partial charge in [-0.2, -0.15) is 0 Å². The van der Waals surface area contributed by atoms with Crippen LogP contribution in [0.25, 0.3) is 22.2 Å². The van der Waals surface area contributed by atoms with Crippen molar-refractivity contribution < 1.29 is 8.42 Å². The van der Waals surface area contributed by atoms with E-state index in [4.69, 9.17) is 4.98 Å². The molecule has 0 aliphatic heterocycles. The minimum atomic E-state index is -3.27. The molecule has 0 amide bonds. The van der Waals surface area contributed by atoms with E-state index in [1.807, 2.05) is 43.3 Å². The number of imidazole rings is 1. The topological polar surface area (TPSA) is 74.0 Å². The van der Waals surface area contributed by atoms with Crippen LogP contribution < -0.4 is 5.56 Å². The van der Waals surface area contributed by atoms with Crippen molar-refractivity contribution in [1.82, 2.24) is 14.1 Å². The summed E-state index contributed by atoms with van der Waals surface area (Å²) in [6.07, 6.45) is 3.02. The zero-order valence-corrected chi connectivity index (χ0v) is 19.8. The van der Waals surface area contributed by atoms with Crippen LogP contribution in [0.15, 0.2) is 59.5 Å². The number of aryl methyl sites for hydroxylation is 3. The Labute approximate surface area is 188 Å². The van der Waals surface area contributed by atoms with Crippen LogP contribution in [0.3, 0.4) is 0 Å². The predicted octanol–water partition coefficient (Wildman–Crippen LogP) is 4.17. The van der Waals surface area contributed by atoms with E-state index in [0.717, 1.165) is 28.0 Å². The number of rotatable bonds is 5. The number of hydrogen-bond donors (Lipinski definition) is 0. The Morgan fingerprint density at radius 3 is 2.34 bits per heavy atom. The van der Waals surface area contributed by atoms with Crippen molar-refractivity contribution in [3.05, 3.63) is 87.6 Å². The molecule has 32 heavy (non-hydrogen) atoms. The first kappa shape index (κ1) is 22.0. The highest BCUT2D eigenvalue weighted by Crippen LogP contribution is 2.32. The number of pyridine rings is 1. The second kappa shape index (κ2) is 8.06. The summed E-state index contributed by atoms with van der Waals surface area (Å²) in [7, 11) is -1.55. The molecule has 166 valence electrons. The van der Waals surface area contributed by atoms with Crippen molar-refractivity contribution in [3.63, 3.8) is 0 Å². The Kier molecular flexibility index (Phi) is 5.54. The van der Waals surface area contributed by atoms with Gasteiger partial charge in [-0.1, -0.05) is 30.3 Å². The van der Waals surface area contributed by atoms with Crippen molar-refractivity contribution in [2.75, 3.05) is 6.26 Å². The van der Waals surface area contributed by atoms with E-state index in [9.17, 15) is 13.2 Å². The number of aromatic nitrogens is 3. The molecule has 2 aromatic heterocycles. The lowest BCUT2D eigenvalue weighted by Gasteiger charge is -2.18. The highest BCUT2D eigenvalue weighted by Gasteiger charge is 2.20. The van der Waals surface area contributed by atoms with Gasteiger partial charge >= 0.3 is 0 Å². The van der Waals surface area contributed by atoms with Crippen LogP contribution in [0.5, 0.6) is 0 Å². The molecule has 1 atom stereocenters. The Morgan fingerprint density at radius 2 is 1.72 bits per heavy atom. The molecule has 0 saturated heterocycles. The molecule has 0 N–H and O–H groups in total. The number of nitrogens with zero attached hydrogens (tertiary/aromatic N) is 3. The van der Waals surface area contributed by atoms with E-state index < -0.39 is 9.84 Å². The van der Waals surface area contributed by atoms with Gasteiger partial charge < -0.3 is 9.13 Å². The van der Waals surface area contributed by atoms with Gasteiger partial charge in [-0.3, -0.25) is 4.79 Å². The van der Waals surface area contributed by atoms with Crippen LogP contribution in [-0.2, 0) is 22.6 Å². The third kappa shape index (κ3) is 4.12. The molecule has 6 nitrogen and oxygen atoms in total. The molecule has 2 heterocycles. The summed E-state index contributed by atoms with van der Waals surface area (Å²) in [5, 5.41) is 0. The van der Waals surface area contributed by atoms with Crippen molar-refractivity contribution in [2.45, 2.75) is 32.6 Å². The van der Waals surface area contributed by atoms with Gasteiger partial charge in [0.1, 0.15) is 5.82 Å². The van der Waals surface area contributed by atoms with Crippen molar-refractivity contribution in [1.29, 1.82) is 0 Å². The maximum atomic E-state index is 12.2. The maximum Gasteiger partial charge on any atom is 0.253 e. The smallest absolute Gasteiger partial charge is 0.253 e. The zero-order valence-electron chi connectivity index (χ0n) is 19.0. The predicted molar refractivity (Wildman–Crippen MR) is 129 cm³/mol. The van der Waals surface area contributed by atoms with E-state index in [1.54, 1.807) is 24.7 Å². The molecule has 0 spiro atoms. The van der Waals surface area contributed by atoms with Gasteiger partial charge in [0, 0.05) is 25.1 Å². The summed E-state index contributed by atoms with van der Waals surface area (Å²) in [6, 6.07) is 15.9.